The molecular weight excluding hydrogens is 168 g/mol. The van der Waals surface area contributed by atoms with Crippen molar-refractivity contribution in [1.29, 1.82) is 0 Å². The van der Waals surface area contributed by atoms with Gasteiger partial charge >= 0.3 is 0 Å². The fourth-order valence-electron chi connectivity index (χ4n) is 1.06. The van der Waals surface area contributed by atoms with E-state index in [9.17, 15) is 0 Å². The number of rotatable bonds is 4. The van der Waals surface area contributed by atoms with Crippen molar-refractivity contribution in [1.82, 2.24) is 4.98 Å². The van der Waals surface area contributed by atoms with Crippen molar-refractivity contribution in [2.45, 2.75) is 26.7 Å². The molecule has 12 heavy (non-hydrogen) atoms. The Kier molecular flexibility index (Phi) is 3.69. The fraction of sp³-hybridized carbons (Fsp3) is 0.667. The van der Waals surface area contributed by atoms with E-state index in [1.807, 2.05) is 5.51 Å². The van der Waals surface area contributed by atoms with Crippen LogP contribution in [0.15, 0.2) is 5.51 Å². The molecule has 68 valence electrons. The molecule has 1 heterocycles. The lowest BCUT2D eigenvalue weighted by atomic mass is 10.1. The van der Waals surface area contributed by atoms with Gasteiger partial charge in [-0.2, -0.15) is 0 Å². The maximum absolute atomic E-state index is 5.54. The van der Waals surface area contributed by atoms with Gasteiger partial charge in [-0.1, -0.05) is 6.92 Å². The third-order valence-corrected chi connectivity index (χ3v) is 3.11. The second-order valence-electron chi connectivity index (χ2n) is 3.24. The van der Waals surface area contributed by atoms with Crippen LogP contribution >= 0.6 is 11.3 Å². The molecule has 0 aliphatic heterocycles. The Morgan fingerprint density at radius 2 is 2.42 bits per heavy atom. The maximum Gasteiger partial charge on any atom is 0.0797 e. The van der Waals surface area contributed by atoms with E-state index in [0.717, 1.165) is 13.0 Å². The van der Waals surface area contributed by atoms with Crippen molar-refractivity contribution in [2.24, 2.45) is 11.7 Å². The molecule has 0 saturated carbocycles. The Bertz CT molecular complexity index is 232. The van der Waals surface area contributed by atoms with Crippen LogP contribution < -0.4 is 5.73 Å². The number of aromatic nitrogens is 1. The number of hydrogen-bond donors (Lipinski definition) is 1. The Morgan fingerprint density at radius 1 is 1.67 bits per heavy atom. The molecule has 0 radical (unpaired) electrons. The Morgan fingerprint density at radius 3 is 2.92 bits per heavy atom. The molecule has 0 saturated heterocycles. The number of aryl methyl sites for hydroxylation is 2. The molecule has 2 N–H and O–H groups in total. The van der Waals surface area contributed by atoms with E-state index in [4.69, 9.17) is 5.73 Å². The van der Waals surface area contributed by atoms with E-state index in [2.05, 4.69) is 18.8 Å². The second kappa shape index (κ2) is 4.58. The summed E-state index contributed by atoms with van der Waals surface area (Å²) < 4.78 is 0. The molecule has 0 fully saturated rings. The monoisotopic (exact) mass is 184 g/mol. The van der Waals surface area contributed by atoms with Crippen LogP contribution in [0.1, 0.15) is 23.9 Å². The van der Waals surface area contributed by atoms with Gasteiger partial charge in [-0.05, 0) is 32.2 Å². The van der Waals surface area contributed by atoms with Crippen LogP contribution in [0.25, 0.3) is 0 Å². The van der Waals surface area contributed by atoms with Gasteiger partial charge in [0.25, 0.3) is 0 Å². The van der Waals surface area contributed by atoms with Crippen molar-refractivity contribution in [3.05, 3.63) is 16.1 Å². The van der Waals surface area contributed by atoms with Crippen molar-refractivity contribution in [3.63, 3.8) is 0 Å². The third-order valence-electron chi connectivity index (χ3n) is 2.11. The highest BCUT2D eigenvalue weighted by Crippen LogP contribution is 2.16. The fourth-order valence-corrected chi connectivity index (χ4v) is 1.86. The first-order valence-corrected chi connectivity index (χ1v) is 5.21. The quantitative estimate of drug-likeness (QED) is 0.777. The lowest BCUT2D eigenvalue weighted by Crippen LogP contribution is -2.11. The van der Waals surface area contributed by atoms with Crippen molar-refractivity contribution in [3.8, 4) is 0 Å². The van der Waals surface area contributed by atoms with Gasteiger partial charge in [0, 0.05) is 4.88 Å². The average Bonchev–Trinajstić information content (AvgIpc) is 2.47. The number of nitrogens with zero attached hydrogens (tertiary/aromatic N) is 1. The van der Waals surface area contributed by atoms with E-state index >= 15 is 0 Å². The van der Waals surface area contributed by atoms with Gasteiger partial charge in [-0.25, -0.2) is 4.98 Å². The molecule has 1 rings (SSSR count). The summed E-state index contributed by atoms with van der Waals surface area (Å²) in [6.45, 7) is 5.05. The molecule has 0 aromatic carbocycles. The van der Waals surface area contributed by atoms with Gasteiger partial charge in [-0.3, -0.25) is 0 Å². The average molecular weight is 184 g/mol. The molecule has 1 aromatic rings. The molecule has 1 atom stereocenters. The predicted molar refractivity (Wildman–Crippen MR) is 53.4 cm³/mol. The zero-order valence-electron chi connectivity index (χ0n) is 7.71. The molecule has 1 aromatic heterocycles. The summed E-state index contributed by atoms with van der Waals surface area (Å²) in [6.07, 6.45) is 2.31. The van der Waals surface area contributed by atoms with E-state index in [1.165, 1.54) is 17.0 Å². The SMILES string of the molecule is Cc1ncsc1CCC(C)CN. The van der Waals surface area contributed by atoms with Crippen LogP contribution in [0.2, 0.25) is 0 Å². The first-order chi connectivity index (χ1) is 5.74. The van der Waals surface area contributed by atoms with Gasteiger partial charge in [0.2, 0.25) is 0 Å². The third kappa shape index (κ3) is 2.57. The highest BCUT2D eigenvalue weighted by Gasteiger charge is 2.04. The van der Waals surface area contributed by atoms with Crippen LogP contribution in [0.4, 0.5) is 0 Å². The molecule has 0 aliphatic carbocycles. The second-order valence-corrected chi connectivity index (χ2v) is 4.18. The lowest BCUT2D eigenvalue weighted by Gasteiger charge is -2.06. The highest BCUT2D eigenvalue weighted by molar-refractivity contribution is 7.09. The largest absolute Gasteiger partial charge is 0.330 e. The van der Waals surface area contributed by atoms with E-state index in [0.29, 0.717) is 5.92 Å². The Labute approximate surface area is 77.8 Å². The number of thiazole rings is 1. The first-order valence-electron chi connectivity index (χ1n) is 4.33. The summed E-state index contributed by atoms with van der Waals surface area (Å²) in [5, 5.41) is 0. The van der Waals surface area contributed by atoms with Crippen LogP contribution in [0.5, 0.6) is 0 Å². The topological polar surface area (TPSA) is 38.9 Å². The van der Waals surface area contributed by atoms with Crippen LogP contribution in [0.3, 0.4) is 0 Å². The normalized spacial score (nSPS) is 13.2. The lowest BCUT2D eigenvalue weighted by molar-refractivity contribution is 0.546. The van der Waals surface area contributed by atoms with Gasteiger partial charge < -0.3 is 5.73 Å². The molecule has 2 nitrogen and oxygen atoms in total. The molecule has 0 aliphatic rings. The van der Waals surface area contributed by atoms with E-state index in [1.54, 1.807) is 11.3 Å². The van der Waals surface area contributed by atoms with Crippen LogP contribution in [-0.4, -0.2) is 11.5 Å². The first kappa shape index (κ1) is 9.68. The number of nitrogens with two attached hydrogens (primary N) is 1. The molecule has 0 bridgehead atoms. The minimum absolute atomic E-state index is 0.631. The minimum Gasteiger partial charge on any atom is -0.330 e. The summed E-state index contributed by atoms with van der Waals surface area (Å²) in [6, 6.07) is 0. The zero-order valence-corrected chi connectivity index (χ0v) is 8.53. The summed E-state index contributed by atoms with van der Waals surface area (Å²) in [4.78, 5) is 5.62. The van der Waals surface area contributed by atoms with Gasteiger partial charge in [-0.15, -0.1) is 11.3 Å². The van der Waals surface area contributed by atoms with Gasteiger partial charge in [0.05, 0.1) is 11.2 Å². The molecular formula is C9H16N2S. The Hall–Kier alpha value is -0.410. The van der Waals surface area contributed by atoms with Gasteiger partial charge in [0.15, 0.2) is 0 Å². The standard InChI is InChI=1S/C9H16N2S/c1-7(5-10)3-4-9-8(2)11-6-12-9/h6-7H,3-5,10H2,1-2H3. The van der Waals surface area contributed by atoms with E-state index < -0.39 is 0 Å². The Balaban J connectivity index is 2.38. The van der Waals surface area contributed by atoms with Crippen LogP contribution in [0, 0.1) is 12.8 Å². The molecule has 0 amide bonds. The highest BCUT2D eigenvalue weighted by atomic mass is 32.1. The van der Waals surface area contributed by atoms with E-state index in [-0.39, 0.29) is 0 Å². The summed E-state index contributed by atoms with van der Waals surface area (Å²) in [5.41, 5.74) is 8.64. The molecule has 0 spiro atoms. The predicted octanol–water partition coefficient (Wildman–Crippen LogP) is 1.98. The van der Waals surface area contributed by atoms with Crippen molar-refractivity contribution < 1.29 is 0 Å². The van der Waals surface area contributed by atoms with Crippen molar-refractivity contribution in [2.75, 3.05) is 6.54 Å². The van der Waals surface area contributed by atoms with Crippen LogP contribution in [-0.2, 0) is 6.42 Å². The summed E-state index contributed by atoms with van der Waals surface area (Å²) in [5.74, 6) is 0.631. The molecule has 3 heteroatoms. The summed E-state index contributed by atoms with van der Waals surface area (Å²) in [7, 11) is 0. The summed E-state index contributed by atoms with van der Waals surface area (Å²) >= 11 is 1.75. The maximum atomic E-state index is 5.54. The van der Waals surface area contributed by atoms with Gasteiger partial charge in [0.1, 0.15) is 0 Å². The minimum atomic E-state index is 0.631. The molecule has 1 unspecified atom stereocenters. The smallest absolute Gasteiger partial charge is 0.0797 e. The van der Waals surface area contributed by atoms with Crippen molar-refractivity contribution >= 4 is 11.3 Å². The number of hydrogen-bond acceptors (Lipinski definition) is 3. The zero-order chi connectivity index (χ0) is 8.97.